The summed E-state index contributed by atoms with van der Waals surface area (Å²) in [4.78, 5) is 4.80. The smallest absolute Gasteiger partial charge is 0.191 e. The van der Waals surface area contributed by atoms with Gasteiger partial charge in [0.15, 0.2) is 5.96 Å². The summed E-state index contributed by atoms with van der Waals surface area (Å²) in [6.45, 7) is 12.3. The van der Waals surface area contributed by atoms with Gasteiger partial charge in [0.25, 0.3) is 0 Å². The SMILES string of the molecule is CCNC(=NCC(C)(C)c1ccccc1Br)NCCCOCC1CCOC1.I. The zero-order valence-corrected chi connectivity index (χ0v) is 21.2. The van der Waals surface area contributed by atoms with Crippen LogP contribution in [0.4, 0.5) is 0 Å². The van der Waals surface area contributed by atoms with E-state index in [2.05, 4.69) is 65.5 Å². The molecule has 1 saturated heterocycles. The maximum absolute atomic E-state index is 5.76. The molecule has 1 aromatic rings. The Morgan fingerprint density at radius 1 is 1.32 bits per heavy atom. The standard InChI is InChI=1S/C21H34BrN3O2.HI/c1-4-23-20(24-11-7-12-26-14-17-10-13-27-15-17)25-16-21(2,3)18-8-5-6-9-19(18)22;/h5-6,8-9,17H,4,7,10-16H2,1-3H3,(H2,23,24,25);1H. The number of halogens is 2. The van der Waals surface area contributed by atoms with E-state index in [0.717, 1.165) is 62.8 Å². The lowest BCUT2D eigenvalue weighted by Gasteiger charge is -2.25. The minimum Gasteiger partial charge on any atom is -0.381 e. The predicted octanol–water partition coefficient (Wildman–Crippen LogP) is 4.34. The fourth-order valence-electron chi connectivity index (χ4n) is 3.06. The van der Waals surface area contributed by atoms with Crippen molar-refractivity contribution in [1.82, 2.24) is 10.6 Å². The molecular formula is C21H35BrIN3O2. The molecule has 28 heavy (non-hydrogen) atoms. The van der Waals surface area contributed by atoms with Crippen molar-refractivity contribution in [2.75, 3.05) is 46.1 Å². The van der Waals surface area contributed by atoms with Crippen LogP contribution in [0.1, 0.15) is 39.2 Å². The van der Waals surface area contributed by atoms with E-state index in [1.807, 2.05) is 6.07 Å². The van der Waals surface area contributed by atoms with Crippen molar-refractivity contribution in [3.8, 4) is 0 Å². The number of hydrogen-bond acceptors (Lipinski definition) is 3. The van der Waals surface area contributed by atoms with E-state index in [0.29, 0.717) is 12.5 Å². The van der Waals surface area contributed by atoms with Crippen molar-refractivity contribution in [3.63, 3.8) is 0 Å². The van der Waals surface area contributed by atoms with E-state index in [1.54, 1.807) is 0 Å². The molecule has 2 N–H and O–H groups in total. The highest BCUT2D eigenvalue weighted by Gasteiger charge is 2.22. The summed E-state index contributed by atoms with van der Waals surface area (Å²) in [5.74, 6) is 1.44. The van der Waals surface area contributed by atoms with Crippen molar-refractivity contribution < 1.29 is 9.47 Å². The highest BCUT2D eigenvalue weighted by atomic mass is 127. The minimum atomic E-state index is -0.0467. The summed E-state index contributed by atoms with van der Waals surface area (Å²) in [7, 11) is 0. The molecule has 1 aromatic carbocycles. The predicted molar refractivity (Wildman–Crippen MR) is 131 cm³/mol. The van der Waals surface area contributed by atoms with Gasteiger partial charge in [0.2, 0.25) is 0 Å². The van der Waals surface area contributed by atoms with Gasteiger partial charge in [-0.1, -0.05) is 48.0 Å². The van der Waals surface area contributed by atoms with Gasteiger partial charge in [0.05, 0.1) is 19.8 Å². The van der Waals surface area contributed by atoms with Crippen LogP contribution in [0.25, 0.3) is 0 Å². The third kappa shape index (κ3) is 8.97. The zero-order chi connectivity index (χ0) is 19.5. The maximum Gasteiger partial charge on any atom is 0.191 e. The van der Waals surface area contributed by atoms with Gasteiger partial charge >= 0.3 is 0 Å². The van der Waals surface area contributed by atoms with Crippen LogP contribution >= 0.6 is 39.9 Å². The highest BCUT2D eigenvalue weighted by Crippen LogP contribution is 2.30. The molecule has 0 spiro atoms. The lowest BCUT2D eigenvalue weighted by atomic mass is 9.85. The number of nitrogens with one attached hydrogen (secondary N) is 2. The van der Waals surface area contributed by atoms with Gasteiger partial charge in [-0.3, -0.25) is 4.99 Å². The molecule has 0 amide bonds. The van der Waals surface area contributed by atoms with Crippen LogP contribution in [0.3, 0.4) is 0 Å². The van der Waals surface area contributed by atoms with Crippen molar-refractivity contribution in [2.24, 2.45) is 10.9 Å². The van der Waals surface area contributed by atoms with Crippen LogP contribution in [-0.4, -0.2) is 52.0 Å². The second kappa shape index (κ2) is 13.8. The zero-order valence-electron chi connectivity index (χ0n) is 17.3. The number of guanidine groups is 1. The van der Waals surface area contributed by atoms with E-state index in [-0.39, 0.29) is 29.4 Å². The molecule has 2 rings (SSSR count). The minimum absolute atomic E-state index is 0. The Morgan fingerprint density at radius 3 is 2.79 bits per heavy atom. The molecule has 0 aromatic heterocycles. The summed E-state index contributed by atoms with van der Waals surface area (Å²) in [6.07, 6.45) is 2.09. The molecule has 1 heterocycles. The number of ether oxygens (including phenoxy) is 2. The maximum atomic E-state index is 5.76. The van der Waals surface area contributed by atoms with Crippen molar-refractivity contribution >= 4 is 45.9 Å². The van der Waals surface area contributed by atoms with Gasteiger partial charge in [-0.2, -0.15) is 0 Å². The fraction of sp³-hybridized carbons (Fsp3) is 0.667. The Bertz CT molecular complexity index is 593. The van der Waals surface area contributed by atoms with Gasteiger partial charge in [-0.05, 0) is 31.4 Å². The van der Waals surface area contributed by atoms with Gasteiger partial charge in [-0.15, -0.1) is 24.0 Å². The lowest BCUT2D eigenvalue weighted by Crippen LogP contribution is -2.39. The molecular weight excluding hydrogens is 533 g/mol. The number of rotatable bonds is 10. The molecule has 0 bridgehead atoms. The topological polar surface area (TPSA) is 54.9 Å². The van der Waals surface area contributed by atoms with E-state index in [1.165, 1.54) is 5.56 Å². The van der Waals surface area contributed by atoms with Crippen LogP contribution in [0.15, 0.2) is 33.7 Å². The van der Waals surface area contributed by atoms with Gasteiger partial charge in [-0.25, -0.2) is 0 Å². The Balaban J connectivity index is 0.00000392. The van der Waals surface area contributed by atoms with Crippen LogP contribution in [0.5, 0.6) is 0 Å². The number of aliphatic imine (C=N–C) groups is 1. The summed E-state index contributed by atoms with van der Waals surface area (Å²) in [5, 5.41) is 6.74. The first kappa shape index (κ1) is 25.7. The largest absolute Gasteiger partial charge is 0.381 e. The van der Waals surface area contributed by atoms with Gasteiger partial charge in [0.1, 0.15) is 0 Å². The first-order chi connectivity index (χ1) is 13.0. The van der Waals surface area contributed by atoms with Crippen LogP contribution in [-0.2, 0) is 14.9 Å². The van der Waals surface area contributed by atoms with E-state index < -0.39 is 0 Å². The molecule has 0 saturated carbocycles. The number of hydrogen-bond donors (Lipinski definition) is 2. The molecule has 1 unspecified atom stereocenters. The van der Waals surface area contributed by atoms with E-state index in [9.17, 15) is 0 Å². The van der Waals surface area contributed by atoms with Crippen molar-refractivity contribution in [3.05, 3.63) is 34.3 Å². The Labute approximate surface area is 195 Å². The van der Waals surface area contributed by atoms with Crippen LogP contribution in [0, 0.1) is 5.92 Å². The normalized spacial score (nSPS) is 17.3. The quantitative estimate of drug-likeness (QED) is 0.191. The Morgan fingerprint density at radius 2 is 2.11 bits per heavy atom. The molecule has 1 aliphatic heterocycles. The first-order valence-corrected chi connectivity index (χ1v) is 10.7. The lowest BCUT2D eigenvalue weighted by molar-refractivity contribution is 0.0888. The molecule has 1 atom stereocenters. The van der Waals surface area contributed by atoms with Crippen molar-refractivity contribution in [1.29, 1.82) is 0 Å². The highest BCUT2D eigenvalue weighted by molar-refractivity contribution is 14.0. The molecule has 7 heteroatoms. The van der Waals surface area contributed by atoms with Crippen molar-refractivity contribution in [2.45, 2.75) is 39.0 Å². The van der Waals surface area contributed by atoms with E-state index in [4.69, 9.17) is 14.5 Å². The summed E-state index contributed by atoms with van der Waals surface area (Å²) in [6, 6.07) is 8.36. The molecule has 1 aliphatic rings. The monoisotopic (exact) mass is 567 g/mol. The molecule has 5 nitrogen and oxygen atoms in total. The van der Waals surface area contributed by atoms with Crippen LogP contribution < -0.4 is 10.6 Å². The van der Waals surface area contributed by atoms with Crippen LogP contribution in [0.2, 0.25) is 0 Å². The summed E-state index contributed by atoms with van der Waals surface area (Å²) in [5.41, 5.74) is 1.23. The number of benzene rings is 1. The Hall–Kier alpha value is -0.380. The molecule has 0 radical (unpaired) electrons. The Kier molecular flexibility index (Phi) is 12.6. The second-order valence-corrected chi connectivity index (χ2v) is 8.50. The van der Waals surface area contributed by atoms with Gasteiger partial charge in [0, 0.05) is 42.1 Å². The summed E-state index contributed by atoms with van der Waals surface area (Å²) < 4.78 is 12.3. The molecule has 160 valence electrons. The number of nitrogens with zero attached hydrogens (tertiary/aromatic N) is 1. The third-order valence-electron chi connectivity index (χ3n) is 4.72. The van der Waals surface area contributed by atoms with E-state index >= 15 is 0 Å². The third-order valence-corrected chi connectivity index (χ3v) is 5.41. The molecule has 0 aliphatic carbocycles. The first-order valence-electron chi connectivity index (χ1n) is 9.95. The fourth-order valence-corrected chi connectivity index (χ4v) is 3.88. The average Bonchev–Trinajstić information content (AvgIpc) is 3.16. The van der Waals surface area contributed by atoms with Gasteiger partial charge < -0.3 is 20.1 Å². The summed E-state index contributed by atoms with van der Waals surface area (Å²) >= 11 is 3.66. The average molecular weight is 568 g/mol. The second-order valence-electron chi connectivity index (χ2n) is 7.64. The molecule has 1 fully saturated rings.